The number of hydrogen-bond acceptors (Lipinski definition) is 2. The van der Waals surface area contributed by atoms with E-state index in [1.807, 2.05) is 6.07 Å². The lowest BCUT2D eigenvalue weighted by atomic mass is 10.1. The fourth-order valence-corrected chi connectivity index (χ4v) is 1.46. The van der Waals surface area contributed by atoms with Crippen molar-refractivity contribution in [2.24, 2.45) is 5.73 Å². The van der Waals surface area contributed by atoms with E-state index in [-0.39, 0.29) is 24.9 Å². The van der Waals surface area contributed by atoms with Crippen molar-refractivity contribution in [1.29, 1.82) is 5.26 Å². The van der Waals surface area contributed by atoms with Crippen LogP contribution in [0.25, 0.3) is 0 Å². The third-order valence-electron chi connectivity index (χ3n) is 1.69. The van der Waals surface area contributed by atoms with Crippen LogP contribution in [0.4, 0.5) is 0 Å². The third-order valence-corrected chi connectivity index (χ3v) is 2.53. The van der Waals surface area contributed by atoms with Gasteiger partial charge in [0, 0.05) is 6.04 Å². The Morgan fingerprint density at radius 2 is 2.07 bits per heavy atom. The van der Waals surface area contributed by atoms with Gasteiger partial charge in [0.2, 0.25) is 0 Å². The summed E-state index contributed by atoms with van der Waals surface area (Å²) in [5.74, 6) is 0. The molecule has 0 aliphatic carbocycles. The van der Waals surface area contributed by atoms with Crippen molar-refractivity contribution < 1.29 is 0 Å². The minimum atomic E-state index is -0.365. The Bertz CT molecular complexity index is 346. The Hall–Kier alpha value is -0.460. The second kappa shape index (κ2) is 6.10. The first-order chi connectivity index (χ1) is 6.16. The Morgan fingerprint density at radius 3 is 2.64 bits per heavy atom. The molecule has 0 aromatic heterocycles. The van der Waals surface area contributed by atoms with Gasteiger partial charge in [-0.2, -0.15) is 5.26 Å². The smallest absolute Gasteiger partial charge is 0.0641 e. The summed E-state index contributed by atoms with van der Waals surface area (Å²) in [5.41, 5.74) is 6.43. The summed E-state index contributed by atoms with van der Waals surface area (Å²) in [6.45, 7) is 0. The third kappa shape index (κ3) is 3.04. The van der Waals surface area contributed by atoms with Crippen molar-refractivity contribution in [3.05, 3.63) is 33.8 Å². The zero-order valence-electron chi connectivity index (χ0n) is 7.21. The fourth-order valence-electron chi connectivity index (χ4n) is 1.02. The van der Waals surface area contributed by atoms with Gasteiger partial charge >= 0.3 is 0 Å². The first kappa shape index (κ1) is 13.5. The summed E-state index contributed by atoms with van der Waals surface area (Å²) in [5, 5.41) is 9.35. The number of hydrogen-bond donors (Lipinski definition) is 1. The van der Waals surface area contributed by atoms with Gasteiger partial charge in [-0.1, -0.05) is 35.3 Å². The molecule has 1 rings (SSSR count). The molecule has 2 N–H and O–H groups in total. The molecule has 0 heterocycles. The van der Waals surface area contributed by atoms with Gasteiger partial charge in [0.15, 0.2) is 0 Å². The van der Waals surface area contributed by atoms with E-state index in [1.165, 1.54) is 0 Å². The number of nitriles is 1. The van der Waals surface area contributed by atoms with Crippen molar-refractivity contribution >= 4 is 35.6 Å². The normalized spacial score (nSPS) is 11.3. The molecule has 0 bridgehead atoms. The Balaban J connectivity index is 0.00000169. The molecule has 0 saturated heterocycles. The molecule has 0 fully saturated rings. The van der Waals surface area contributed by atoms with E-state index in [0.717, 1.165) is 5.56 Å². The van der Waals surface area contributed by atoms with Gasteiger partial charge in [0.05, 0.1) is 22.5 Å². The molecule has 76 valence electrons. The molecule has 0 aliphatic rings. The van der Waals surface area contributed by atoms with E-state index in [1.54, 1.807) is 18.2 Å². The topological polar surface area (TPSA) is 49.8 Å². The van der Waals surface area contributed by atoms with Crippen molar-refractivity contribution in [2.45, 2.75) is 12.5 Å². The summed E-state index contributed by atoms with van der Waals surface area (Å²) < 4.78 is 0. The van der Waals surface area contributed by atoms with E-state index in [9.17, 15) is 0 Å². The number of nitrogens with zero attached hydrogens (tertiary/aromatic N) is 1. The molecule has 0 unspecified atom stereocenters. The van der Waals surface area contributed by atoms with Crippen LogP contribution in [0.1, 0.15) is 18.0 Å². The van der Waals surface area contributed by atoms with Crippen LogP contribution < -0.4 is 5.73 Å². The van der Waals surface area contributed by atoms with Gasteiger partial charge in [-0.05, 0) is 11.6 Å². The number of benzene rings is 1. The lowest BCUT2D eigenvalue weighted by Crippen LogP contribution is -2.09. The average Bonchev–Trinajstić information content (AvgIpc) is 2.10. The Labute approximate surface area is 99.0 Å². The molecule has 0 saturated carbocycles. The van der Waals surface area contributed by atoms with Gasteiger partial charge < -0.3 is 5.73 Å². The molecule has 14 heavy (non-hydrogen) atoms. The molecule has 0 radical (unpaired) electrons. The van der Waals surface area contributed by atoms with Crippen LogP contribution in [0.5, 0.6) is 0 Å². The van der Waals surface area contributed by atoms with Crippen molar-refractivity contribution in [3.63, 3.8) is 0 Å². The molecule has 0 aliphatic heterocycles. The van der Waals surface area contributed by atoms with Gasteiger partial charge in [0.25, 0.3) is 0 Å². The van der Waals surface area contributed by atoms with Crippen LogP contribution in [0.15, 0.2) is 18.2 Å². The van der Waals surface area contributed by atoms with Crippen LogP contribution in [0.2, 0.25) is 10.0 Å². The second-order valence-electron chi connectivity index (χ2n) is 2.61. The highest BCUT2D eigenvalue weighted by molar-refractivity contribution is 6.42. The largest absolute Gasteiger partial charge is 0.323 e. The Morgan fingerprint density at radius 1 is 1.43 bits per heavy atom. The van der Waals surface area contributed by atoms with E-state index in [0.29, 0.717) is 10.0 Å². The van der Waals surface area contributed by atoms with E-state index in [2.05, 4.69) is 0 Å². The molecular weight excluding hydrogens is 242 g/mol. The highest BCUT2D eigenvalue weighted by Gasteiger charge is 2.11. The summed E-state index contributed by atoms with van der Waals surface area (Å²) in [6.07, 6.45) is 0.236. The summed E-state index contributed by atoms with van der Waals surface area (Å²) in [4.78, 5) is 0. The zero-order valence-corrected chi connectivity index (χ0v) is 9.53. The zero-order chi connectivity index (χ0) is 9.84. The molecule has 0 amide bonds. The average molecular weight is 252 g/mol. The highest BCUT2D eigenvalue weighted by atomic mass is 35.5. The predicted molar refractivity (Wildman–Crippen MR) is 60.9 cm³/mol. The molecule has 0 spiro atoms. The van der Waals surface area contributed by atoms with E-state index in [4.69, 9.17) is 34.2 Å². The number of nitrogens with two attached hydrogens (primary N) is 1. The van der Waals surface area contributed by atoms with Crippen LogP contribution in [0.3, 0.4) is 0 Å². The Kier molecular flexibility index (Phi) is 5.90. The van der Waals surface area contributed by atoms with Gasteiger partial charge in [0.1, 0.15) is 0 Å². The first-order valence-corrected chi connectivity index (χ1v) is 4.49. The maximum Gasteiger partial charge on any atom is 0.0641 e. The molecule has 1 aromatic rings. The summed E-state index contributed by atoms with van der Waals surface area (Å²) >= 11 is 11.7. The minimum Gasteiger partial charge on any atom is -0.323 e. The quantitative estimate of drug-likeness (QED) is 0.876. The lowest BCUT2D eigenvalue weighted by Gasteiger charge is -2.10. The maximum absolute atomic E-state index is 8.45. The molecule has 5 heteroatoms. The molecular formula is C9H9Cl3N2. The summed E-state index contributed by atoms with van der Waals surface area (Å²) in [7, 11) is 0. The molecule has 1 aromatic carbocycles. The van der Waals surface area contributed by atoms with Crippen LogP contribution in [-0.4, -0.2) is 0 Å². The molecule has 1 atom stereocenters. The minimum absolute atomic E-state index is 0. The van der Waals surface area contributed by atoms with E-state index < -0.39 is 0 Å². The van der Waals surface area contributed by atoms with Crippen molar-refractivity contribution in [1.82, 2.24) is 0 Å². The predicted octanol–water partition coefficient (Wildman–Crippen LogP) is 3.33. The standard InChI is InChI=1S/C9H8Cl2N2.ClH/c10-7-3-1-2-6(9(7)11)8(13)4-5-12;/h1-3,8H,4,13H2;1H/t8-;/m0./s1. The SMILES string of the molecule is Cl.N#CC[C@H](N)c1cccc(Cl)c1Cl. The molecule has 2 nitrogen and oxygen atoms in total. The monoisotopic (exact) mass is 250 g/mol. The maximum atomic E-state index is 8.45. The van der Waals surface area contributed by atoms with Crippen molar-refractivity contribution in [3.8, 4) is 6.07 Å². The number of rotatable bonds is 2. The van der Waals surface area contributed by atoms with Crippen molar-refractivity contribution in [2.75, 3.05) is 0 Å². The van der Waals surface area contributed by atoms with Gasteiger partial charge in [-0.3, -0.25) is 0 Å². The van der Waals surface area contributed by atoms with E-state index >= 15 is 0 Å². The highest BCUT2D eigenvalue weighted by Crippen LogP contribution is 2.29. The fraction of sp³-hybridized carbons (Fsp3) is 0.222. The summed E-state index contributed by atoms with van der Waals surface area (Å²) in [6, 6.07) is 6.85. The van der Waals surface area contributed by atoms with Crippen LogP contribution in [0, 0.1) is 11.3 Å². The van der Waals surface area contributed by atoms with Crippen LogP contribution >= 0.6 is 35.6 Å². The lowest BCUT2D eigenvalue weighted by molar-refractivity contribution is 0.749. The second-order valence-corrected chi connectivity index (χ2v) is 3.40. The van der Waals surface area contributed by atoms with Gasteiger partial charge in [-0.25, -0.2) is 0 Å². The van der Waals surface area contributed by atoms with Crippen LogP contribution in [-0.2, 0) is 0 Å². The van der Waals surface area contributed by atoms with Gasteiger partial charge in [-0.15, -0.1) is 12.4 Å². The number of halogens is 3. The first-order valence-electron chi connectivity index (χ1n) is 3.73.